The zero-order chi connectivity index (χ0) is 46.5. The van der Waals surface area contributed by atoms with E-state index < -0.39 is 6.10 Å². The van der Waals surface area contributed by atoms with Crippen molar-refractivity contribution >= 4 is 17.9 Å². The van der Waals surface area contributed by atoms with Crippen molar-refractivity contribution in [1.29, 1.82) is 0 Å². The van der Waals surface area contributed by atoms with Gasteiger partial charge in [-0.25, -0.2) is 0 Å². The van der Waals surface area contributed by atoms with E-state index in [2.05, 4.69) is 99.8 Å². The van der Waals surface area contributed by atoms with Crippen molar-refractivity contribution in [2.45, 2.75) is 252 Å². The number of ether oxygens (including phenoxy) is 3. The standard InChI is InChI=1S/C58H98O6/c1-4-7-10-13-16-19-22-25-28-30-33-36-39-42-45-48-51-57(60)63-54-55(53-62-56(59)50-47-44-41-38-35-32-27-24-21-18-15-12-9-6-3)64-58(61)52-49-46-43-40-37-34-31-29-26-23-20-17-14-11-8-5-2/h7,9-10,12,16,18-19,21,25,28,33,36,42,45,55H,4-6,8,11,13-15,17,20,22-24,26-27,29-32,34-35,37-41,43-44,46-54H2,1-3H3/b10-7-,12-9-,19-16-,21-18-,28-25-,36-33-,45-42-. The zero-order valence-electron chi connectivity index (χ0n) is 41.8. The van der Waals surface area contributed by atoms with E-state index in [0.717, 1.165) is 89.9 Å². The van der Waals surface area contributed by atoms with E-state index in [0.29, 0.717) is 19.3 Å². The van der Waals surface area contributed by atoms with Crippen LogP contribution in [0.5, 0.6) is 0 Å². The highest BCUT2D eigenvalue weighted by Gasteiger charge is 2.19. The topological polar surface area (TPSA) is 78.9 Å². The van der Waals surface area contributed by atoms with Crippen molar-refractivity contribution in [3.05, 3.63) is 85.1 Å². The third-order valence-electron chi connectivity index (χ3n) is 11.2. The molecule has 0 radical (unpaired) electrons. The molecule has 0 saturated carbocycles. The number of hydrogen-bond acceptors (Lipinski definition) is 6. The molecule has 0 aliphatic rings. The maximum absolute atomic E-state index is 12.8. The van der Waals surface area contributed by atoms with Gasteiger partial charge in [0.25, 0.3) is 0 Å². The maximum atomic E-state index is 12.8. The number of rotatable bonds is 47. The molecule has 6 heteroatoms. The summed E-state index contributed by atoms with van der Waals surface area (Å²) in [6.45, 7) is 6.36. The Balaban J connectivity index is 4.48. The highest BCUT2D eigenvalue weighted by atomic mass is 16.6. The first-order valence-corrected chi connectivity index (χ1v) is 26.6. The van der Waals surface area contributed by atoms with Crippen LogP contribution in [0.3, 0.4) is 0 Å². The second-order valence-electron chi connectivity index (χ2n) is 17.4. The molecule has 0 fully saturated rings. The van der Waals surface area contributed by atoms with Gasteiger partial charge in [-0.2, -0.15) is 0 Å². The van der Waals surface area contributed by atoms with Gasteiger partial charge in [-0.3, -0.25) is 14.4 Å². The van der Waals surface area contributed by atoms with Crippen molar-refractivity contribution in [3.63, 3.8) is 0 Å². The Kier molecular flexibility index (Phi) is 49.4. The van der Waals surface area contributed by atoms with Crippen molar-refractivity contribution in [2.24, 2.45) is 0 Å². The van der Waals surface area contributed by atoms with E-state index in [1.165, 1.54) is 109 Å². The molecule has 0 aromatic carbocycles. The van der Waals surface area contributed by atoms with Crippen LogP contribution >= 0.6 is 0 Å². The molecular weight excluding hydrogens is 793 g/mol. The van der Waals surface area contributed by atoms with Gasteiger partial charge in [0.15, 0.2) is 6.10 Å². The van der Waals surface area contributed by atoms with E-state index in [4.69, 9.17) is 14.2 Å². The van der Waals surface area contributed by atoms with Crippen LogP contribution in [0.1, 0.15) is 245 Å². The lowest BCUT2D eigenvalue weighted by Gasteiger charge is -2.18. The predicted molar refractivity (Wildman–Crippen MR) is 274 cm³/mol. The highest BCUT2D eigenvalue weighted by Crippen LogP contribution is 2.15. The molecule has 64 heavy (non-hydrogen) atoms. The average molecular weight is 891 g/mol. The van der Waals surface area contributed by atoms with Gasteiger partial charge in [-0.1, -0.05) is 234 Å². The SMILES string of the molecule is CC/C=C\C/C=C\C/C=C\C/C=C\C/C=C\CCC(=O)OCC(COC(=O)CCCCCCCCC/C=C\C/C=C\CC)OC(=O)CCCCCCCCCCCCCCCCCC. The first-order chi connectivity index (χ1) is 31.5. The van der Waals surface area contributed by atoms with Crippen molar-refractivity contribution in [2.75, 3.05) is 13.2 Å². The van der Waals surface area contributed by atoms with Gasteiger partial charge >= 0.3 is 17.9 Å². The predicted octanol–water partition coefficient (Wildman–Crippen LogP) is 17.6. The first kappa shape index (κ1) is 60.6. The van der Waals surface area contributed by atoms with Gasteiger partial charge in [0.05, 0.1) is 0 Å². The van der Waals surface area contributed by atoms with Crippen molar-refractivity contribution < 1.29 is 28.6 Å². The Labute approximate surface area is 395 Å². The molecule has 0 rings (SSSR count). The summed E-state index contributed by atoms with van der Waals surface area (Å²) in [6, 6.07) is 0. The smallest absolute Gasteiger partial charge is 0.306 e. The normalized spacial score (nSPS) is 12.7. The molecule has 0 bridgehead atoms. The molecule has 0 aliphatic carbocycles. The molecule has 0 N–H and O–H groups in total. The van der Waals surface area contributed by atoms with Crippen molar-refractivity contribution in [1.82, 2.24) is 0 Å². The molecule has 0 saturated heterocycles. The Hall–Kier alpha value is -3.41. The van der Waals surface area contributed by atoms with E-state index in [1.54, 1.807) is 0 Å². The third-order valence-corrected chi connectivity index (χ3v) is 11.2. The third kappa shape index (κ3) is 49.6. The Morgan fingerprint density at radius 1 is 0.328 bits per heavy atom. The molecule has 1 unspecified atom stereocenters. The molecule has 0 aromatic rings. The highest BCUT2D eigenvalue weighted by molar-refractivity contribution is 5.71. The van der Waals surface area contributed by atoms with Gasteiger partial charge < -0.3 is 14.2 Å². The minimum absolute atomic E-state index is 0.102. The van der Waals surface area contributed by atoms with Crippen LogP contribution in [0.4, 0.5) is 0 Å². The molecule has 366 valence electrons. The minimum atomic E-state index is -0.808. The van der Waals surface area contributed by atoms with Gasteiger partial charge in [-0.05, 0) is 77.0 Å². The Morgan fingerprint density at radius 2 is 0.641 bits per heavy atom. The second kappa shape index (κ2) is 52.2. The van der Waals surface area contributed by atoms with E-state index in [9.17, 15) is 14.4 Å². The van der Waals surface area contributed by atoms with E-state index >= 15 is 0 Å². The summed E-state index contributed by atoms with van der Waals surface area (Å²) in [5, 5.41) is 0. The van der Waals surface area contributed by atoms with E-state index in [-0.39, 0.29) is 37.5 Å². The molecule has 0 heterocycles. The Morgan fingerprint density at radius 3 is 1.05 bits per heavy atom. The lowest BCUT2D eigenvalue weighted by molar-refractivity contribution is -0.166. The molecule has 0 aromatic heterocycles. The quantitative estimate of drug-likeness (QED) is 0.0262. The number of hydrogen-bond donors (Lipinski definition) is 0. The van der Waals surface area contributed by atoms with Gasteiger partial charge in [0, 0.05) is 19.3 Å². The van der Waals surface area contributed by atoms with Crippen LogP contribution in [-0.2, 0) is 28.6 Å². The minimum Gasteiger partial charge on any atom is -0.462 e. The van der Waals surface area contributed by atoms with Crippen molar-refractivity contribution in [3.8, 4) is 0 Å². The monoisotopic (exact) mass is 891 g/mol. The summed E-state index contributed by atoms with van der Waals surface area (Å²) in [6.07, 6.45) is 67.2. The average Bonchev–Trinajstić information content (AvgIpc) is 3.29. The molecule has 1 atom stereocenters. The lowest BCUT2D eigenvalue weighted by Crippen LogP contribution is -2.30. The maximum Gasteiger partial charge on any atom is 0.306 e. The Bertz CT molecular complexity index is 1250. The van der Waals surface area contributed by atoms with E-state index in [1.807, 2.05) is 6.08 Å². The summed E-state index contributed by atoms with van der Waals surface area (Å²) in [5.41, 5.74) is 0. The summed E-state index contributed by atoms with van der Waals surface area (Å²) < 4.78 is 16.7. The largest absolute Gasteiger partial charge is 0.462 e. The fourth-order valence-corrected chi connectivity index (χ4v) is 7.24. The number of allylic oxidation sites excluding steroid dienone is 14. The molecule has 0 amide bonds. The van der Waals surface area contributed by atoms with Gasteiger partial charge in [0.2, 0.25) is 0 Å². The lowest BCUT2D eigenvalue weighted by atomic mass is 10.0. The summed E-state index contributed by atoms with van der Waals surface area (Å²) in [4.78, 5) is 38.0. The number of unbranched alkanes of at least 4 members (excludes halogenated alkanes) is 22. The van der Waals surface area contributed by atoms with Gasteiger partial charge in [0.1, 0.15) is 13.2 Å². The van der Waals surface area contributed by atoms with Crippen LogP contribution in [0, 0.1) is 0 Å². The first-order valence-electron chi connectivity index (χ1n) is 26.6. The van der Waals surface area contributed by atoms with Crippen LogP contribution in [0.15, 0.2) is 85.1 Å². The zero-order valence-corrected chi connectivity index (χ0v) is 41.8. The number of carbonyl (C=O) groups excluding carboxylic acids is 3. The van der Waals surface area contributed by atoms with Crippen LogP contribution in [0.2, 0.25) is 0 Å². The summed E-state index contributed by atoms with van der Waals surface area (Å²) >= 11 is 0. The van der Waals surface area contributed by atoms with Gasteiger partial charge in [-0.15, -0.1) is 0 Å². The fourth-order valence-electron chi connectivity index (χ4n) is 7.24. The summed E-state index contributed by atoms with van der Waals surface area (Å²) in [5.74, 6) is -0.993. The van der Waals surface area contributed by atoms with Crippen LogP contribution in [-0.4, -0.2) is 37.2 Å². The van der Waals surface area contributed by atoms with Crippen LogP contribution < -0.4 is 0 Å². The molecule has 0 aliphatic heterocycles. The van der Waals surface area contributed by atoms with Crippen LogP contribution in [0.25, 0.3) is 0 Å². The molecule has 6 nitrogen and oxygen atoms in total. The molecule has 0 spiro atoms. The summed E-state index contributed by atoms with van der Waals surface area (Å²) in [7, 11) is 0. The number of esters is 3. The second-order valence-corrected chi connectivity index (χ2v) is 17.4. The number of carbonyl (C=O) groups is 3. The fraction of sp³-hybridized carbons (Fsp3) is 0.707. The molecular formula is C58H98O6.